The van der Waals surface area contributed by atoms with Gasteiger partial charge in [0.1, 0.15) is 10.8 Å². The lowest BCUT2D eigenvalue weighted by Crippen LogP contribution is -2.33. The minimum absolute atomic E-state index is 0.0311. The number of thiazole rings is 1. The molecule has 0 unspecified atom stereocenters. The molecule has 0 fully saturated rings. The summed E-state index contributed by atoms with van der Waals surface area (Å²) in [4.78, 5) is 17.2. The van der Waals surface area contributed by atoms with Crippen molar-refractivity contribution in [3.8, 4) is 27.8 Å². The molecular formula is C22H22N2O4S. The van der Waals surface area contributed by atoms with E-state index in [0.717, 1.165) is 34.0 Å². The van der Waals surface area contributed by atoms with E-state index in [2.05, 4.69) is 10.3 Å². The molecule has 29 heavy (non-hydrogen) atoms. The second kappa shape index (κ2) is 8.53. The summed E-state index contributed by atoms with van der Waals surface area (Å²) in [5.74, 6) is 2.12. The van der Waals surface area contributed by atoms with Crippen LogP contribution in [0.25, 0.3) is 10.6 Å². The quantitative estimate of drug-likeness (QED) is 0.665. The smallest absolute Gasteiger partial charge is 0.226 e. The molecule has 1 aliphatic rings. The van der Waals surface area contributed by atoms with Crippen molar-refractivity contribution in [3.05, 3.63) is 59.1 Å². The van der Waals surface area contributed by atoms with E-state index in [1.54, 1.807) is 14.2 Å². The van der Waals surface area contributed by atoms with Crippen molar-refractivity contribution < 1.29 is 19.0 Å². The number of hydrogen-bond acceptors (Lipinski definition) is 6. The highest BCUT2D eigenvalue weighted by Gasteiger charge is 2.23. The third-order valence-corrected chi connectivity index (χ3v) is 5.76. The van der Waals surface area contributed by atoms with Gasteiger partial charge in [0.2, 0.25) is 5.91 Å². The van der Waals surface area contributed by atoms with E-state index in [0.29, 0.717) is 18.1 Å². The Morgan fingerprint density at radius 1 is 1.21 bits per heavy atom. The number of carbonyl (C=O) groups is 1. The standard InChI is InChI=1S/C22H22N2O4S/c1-26-19-8-7-14(11-20(19)27-2)22-23-15(13-29-22)12-21(25)24-17-9-10-28-18-6-4-3-5-16(17)18/h3-8,11,13,17H,9-10,12H2,1-2H3,(H,24,25)/t17-/m0/s1. The van der Waals surface area contributed by atoms with Gasteiger partial charge in [0.25, 0.3) is 0 Å². The maximum atomic E-state index is 12.6. The molecule has 1 aromatic heterocycles. The predicted molar refractivity (Wildman–Crippen MR) is 112 cm³/mol. The zero-order valence-corrected chi connectivity index (χ0v) is 17.1. The van der Waals surface area contributed by atoms with Crippen LogP contribution >= 0.6 is 11.3 Å². The second-order valence-corrected chi connectivity index (χ2v) is 7.54. The number of rotatable bonds is 6. The van der Waals surface area contributed by atoms with Crippen molar-refractivity contribution in [1.29, 1.82) is 0 Å². The number of hydrogen-bond donors (Lipinski definition) is 1. The summed E-state index contributed by atoms with van der Waals surface area (Å²) in [5.41, 5.74) is 2.70. The van der Waals surface area contributed by atoms with Crippen LogP contribution < -0.4 is 19.5 Å². The zero-order chi connectivity index (χ0) is 20.2. The Labute approximate surface area is 173 Å². The molecule has 1 atom stereocenters. The zero-order valence-electron chi connectivity index (χ0n) is 16.3. The number of benzene rings is 2. The Kier molecular flexibility index (Phi) is 5.67. The van der Waals surface area contributed by atoms with E-state index in [4.69, 9.17) is 14.2 Å². The topological polar surface area (TPSA) is 69.7 Å². The average molecular weight is 410 g/mol. The fraction of sp³-hybridized carbons (Fsp3) is 0.273. The summed E-state index contributed by atoms with van der Waals surface area (Å²) in [5, 5.41) is 5.87. The van der Waals surface area contributed by atoms with Gasteiger partial charge in [0.15, 0.2) is 11.5 Å². The summed E-state index contributed by atoms with van der Waals surface area (Å²) < 4.78 is 16.3. The molecule has 2 heterocycles. The first-order chi connectivity index (χ1) is 14.2. The Morgan fingerprint density at radius 3 is 2.86 bits per heavy atom. The normalized spacial score (nSPS) is 15.2. The van der Waals surface area contributed by atoms with E-state index in [1.165, 1.54) is 11.3 Å². The van der Waals surface area contributed by atoms with E-state index in [-0.39, 0.29) is 18.4 Å². The van der Waals surface area contributed by atoms with Crippen LogP contribution in [0, 0.1) is 0 Å². The van der Waals surface area contributed by atoms with Crippen molar-refractivity contribution in [3.63, 3.8) is 0 Å². The molecule has 1 N–H and O–H groups in total. The monoisotopic (exact) mass is 410 g/mol. The molecule has 0 saturated heterocycles. The van der Waals surface area contributed by atoms with Crippen molar-refractivity contribution in [2.24, 2.45) is 0 Å². The van der Waals surface area contributed by atoms with E-state index < -0.39 is 0 Å². The molecule has 2 aromatic carbocycles. The highest BCUT2D eigenvalue weighted by Crippen LogP contribution is 2.34. The maximum Gasteiger partial charge on any atom is 0.226 e. The van der Waals surface area contributed by atoms with Gasteiger partial charge in [0.05, 0.1) is 39.0 Å². The van der Waals surface area contributed by atoms with Crippen LogP contribution in [0.4, 0.5) is 0 Å². The van der Waals surface area contributed by atoms with Crippen LogP contribution in [-0.2, 0) is 11.2 Å². The molecule has 150 valence electrons. The molecule has 0 spiro atoms. The van der Waals surface area contributed by atoms with E-state index >= 15 is 0 Å². The van der Waals surface area contributed by atoms with Crippen LogP contribution in [0.15, 0.2) is 47.8 Å². The Balaban J connectivity index is 1.44. The number of aromatic nitrogens is 1. The molecule has 0 aliphatic carbocycles. The minimum Gasteiger partial charge on any atom is -0.493 e. The van der Waals surface area contributed by atoms with E-state index in [9.17, 15) is 4.79 Å². The predicted octanol–water partition coefficient (Wildman–Crippen LogP) is 4.01. The van der Waals surface area contributed by atoms with Gasteiger partial charge in [0, 0.05) is 22.9 Å². The van der Waals surface area contributed by atoms with Gasteiger partial charge in [-0.1, -0.05) is 18.2 Å². The van der Waals surface area contributed by atoms with Crippen molar-refractivity contribution in [2.75, 3.05) is 20.8 Å². The van der Waals surface area contributed by atoms with Gasteiger partial charge in [-0.05, 0) is 24.3 Å². The van der Waals surface area contributed by atoms with Gasteiger partial charge in [-0.2, -0.15) is 0 Å². The molecule has 0 bridgehead atoms. The van der Waals surface area contributed by atoms with Crippen LogP contribution in [0.5, 0.6) is 17.2 Å². The van der Waals surface area contributed by atoms with Crippen LogP contribution in [0.3, 0.4) is 0 Å². The summed E-state index contributed by atoms with van der Waals surface area (Å²) in [6, 6.07) is 13.5. The number of ether oxygens (including phenoxy) is 3. The second-order valence-electron chi connectivity index (χ2n) is 6.69. The highest BCUT2D eigenvalue weighted by molar-refractivity contribution is 7.13. The third kappa shape index (κ3) is 4.19. The number of amides is 1. The summed E-state index contributed by atoms with van der Waals surface area (Å²) >= 11 is 1.50. The van der Waals surface area contributed by atoms with Crippen molar-refractivity contribution in [1.82, 2.24) is 10.3 Å². The van der Waals surface area contributed by atoms with Gasteiger partial charge in [-0.3, -0.25) is 4.79 Å². The largest absolute Gasteiger partial charge is 0.493 e. The fourth-order valence-corrected chi connectivity index (χ4v) is 4.21. The Bertz CT molecular complexity index is 1020. The number of carbonyl (C=O) groups excluding carboxylic acids is 1. The van der Waals surface area contributed by atoms with Crippen molar-refractivity contribution >= 4 is 17.2 Å². The fourth-order valence-electron chi connectivity index (χ4n) is 3.39. The average Bonchev–Trinajstić information content (AvgIpc) is 3.21. The number of methoxy groups -OCH3 is 2. The Hall–Kier alpha value is -3.06. The van der Waals surface area contributed by atoms with Gasteiger partial charge in [-0.15, -0.1) is 11.3 Å². The van der Waals surface area contributed by atoms with Gasteiger partial charge >= 0.3 is 0 Å². The van der Waals surface area contributed by atoms with Gasteiger partial charge < -0.3 is 19.5 Å². The lowest BCUT2D eigenvalue weighted by Gasteiger charge is -2.26. The Morgan fingerprint density at radius 2 is 2.03 bits per heavy atom. The number of nitrogens with zero attached hydrogens (tertiary/aromatic N) is 1. The molecule has 0 radical (unpaired) electrons. The molecule has 3 aromatic rings. The summed E-state index contributed by atoms with van der Waals surface area (Å²) in [7, 11) is 3.21. The number of para-hydroxylation sites is 1. The number of fused-ring (bicyclic) bond motifs is 1. The maximum absolute atomic E-state index is 12.6. The van der Waals surface area contributed by atoms with E-state index in [1.807, 2.05) is 47.8 Å². The number of nitrogens with one attached hydrogen (secondary N) is 1. The minimum atomic E-state index is -0.0455. The summed E-state index contributed by atoms with van der Waals surface area (Å²) in [6.45, 7) is 0.599. The highest BCUT2D eigenvalue weighted by atomic mass is 32.1. The molecule has 1 amide bonds. The molecule has 7 heteroatoms. The van der Waals surface area contributed by atoms with Crippen molar-refractivity contribution in [2.45, 2.75) is 18.9 Å². The lowest BCUT2D eigenvalue weighted by molar-refractivity contribution is -0.121. The first-order valence-electron chi connectivity index (χ1n) is 9.36. The first-order valence-corrected chi connectivity index (χ1v) is 10.2. The van der Waals surface area contributed by atoms with Crippen LogP contribution in [0.1, 0.15) is 23.7 Å². The SMILES string of the molecule is COc1ccc(-c2nc(CC(=O)N[C@H]3CCOc4ccccc43)cs2)cc1OC. The van der Waals surface area contributed by atoms with Crippen LogP contribution in [-0.4, -0.2) is 31.7 Å². The first kappa shape index (κ1) is 19.3. The van der Waals surface area contributed by atoms with Crippen LogP contribution in [0.2, 0.25) is 0 Å². The molecule has 4 rings (SSSR count). The summed E-state index contributed by atoms with van der Waals surface area (Å²) in [6.07, 6.45) is 1.00. The molecule has 0 saturated carbocycles. The van der Waals surface area contributed by atoms with Gasteiger partial charge in [-0.25, -0.2) is 4.98 Å². The molecular weight excluding hydrogens is 388 g/mol. The third-order valence-electron chi connectivity index (χ3n) is 4.82. The lowest BCUT2D eigenvalue weighted by atomic mass is 10.0. The molecule has 6 nitrogen and oxygen atoms in total. The molecule has 1 aliphatic heterocycles.